The Morgan fingerprint density at radius 1 is 0.952 bits per heavy atom. The summed E-state index contributed by atoms with van der Waals surface area (Å²) in [7, 11) is 2.92. The van der Waals surface area contributed by atoms with Crippen molar-refractivity contribution in [2.45, 2.75) is 17.7 Å². The first-order valence-electron chi connectivity index (χ1n) is 6.93. The van der Waals surface area contributed by atoms with Crippen LogP contribution in [0, 0.1) is 0 Å². The van der Waals surface area contributed by atoms with Gasteiger partial charge in [0.2, 0.25) is 4.90 Å². The first-order valence-corrected chi connectivity index (χ1v) is 9.99. The third-order valence-electron chi connectivity index (χ3n) is 3.21. The minimum Gasteiger partial charge on any atom is -0.299 e. The summed E-state index contributed by atoms with van der Waals surface area (Å²) in [6.45, 7) is -2.46. The topological polar surface area (TPSA) is 43.7 Å². The van der Waals surface area contributed by atoms with E-state index < -0.39 is 6.64 Å². The van der Waals surface area contributed by atoms with Crippen LogP contribution in [0.2, 0.25) is 0 Å². The van der Waals surface area contributed by atoms with Crippen LogP contribution in [0.25, 0.3) is 0 Å². The third kappa shape index (κ3) is 5.34. The van der Waals surface area contributed by atoms with Crippen molar-refractivity contribution in [2.24, 2.45) is 0 Å². The SMILES string of the molecule is CN(CCCc1ccccc1)P(O)(O)=[S+]c1ccccc1. The van der Waals surface area contributed by atoms with Gasteiger partial charge in [0, 0.05) is 18.7 Å². The van der Waals surface area contributed by atoms with Crippen molar-refractivity contribution in [3.63, 3.8) is 0 Å². The summed E-state index contributed by atoms with van der Waals surface area (Å²) in [6, 6.07) is 19.8. The van der Waals surface area contributed by atoms with E-state index in [1.807, 2.05) is 48.5 Å². The summed E-state index contributed by atoms with van der Waals surface area (Å²) in [5.74, 6) is 0. The molecule has 0 bridgehead atoms. The molecule has 0 saturated heterocycles. The molecular formula is C16H21NO2PS+. The molecule has 0 saturated carbocycles. The lowest BCUT2D eigenvalue weighted by atomic mass is 10.1. The van der Waals surface area contributed by atoms with Crippen LogP contribution in [0.15, 0.2) is 65.6 Å². The van der Waals surface area contributed by atoms with Crippen molar-refractivity contribution < 1.29 is 9.79 Å². The smallest absolute Gasteiger partial charge is 0.299 e. The predicted molar refractivity (Wildman–Crippen MR) is 90.8 cm³/mol. The average molecular weight is 322 g/mol. The lowest BCUT2D eigenvalue weighted by Gasteiger charge is -2.15. The number of benzene rings is 2. The molecule has 112 valence electrons. The molecule has 0 spiro atoms. The fourth-order valence-corrected chi connectivity index (χ4v) is 4.96. The molecule has 0 heterocycles. The Morgan fingerprint density at radius 3 is 2.14 bits per heavy atom. The Labute approximate surface area is 130 Å². The van der Waals surface area contributed by atoms with Crippen LogP contribution >= 0.6 is 6.64 Å². The Kier molecular flexibility index (Phi) is 6.09. The summed E-state index contributed by atoms with van der Waals surface area (Å²) < 4.78 is 1.67. The molecule has 0 amide bonds. The van der Waals surface area contributed by atoms with Gasteiger partial charge < -0.3 is 0 Å². The highest BCUT2D eigenvalue weighted by Gasteiger charge is 2.30. The van der Waals surface area contributed by atoms with E-state index in [0.717, 1.165) is 28.7 Å². The van der Waals surface area contributed by atoms with Crippen LogP contribution in [0.5, 0.6) is 0 Å². The molecule has 0 unspecified atom stereocenters. The van der Waals surface area contributed by atoms with E-state index in [1.165, 1.54) is 5.56 Å². The molecule has 0 aliphatic heterocycles. The molecule has 0 fully saturated rings. The number of aryl methyl sites for hydroxylation is 1. The third-order valence-corrected chi connectivity index (χ3v) is 7.23. The van der Waals surface area contributed by atoms with Crippen LogP contribution in [-0.2, 0) is 17.4 Å². The summed E-state index contributed by atoms with van der Waals surface area (Å²) >= 11 is 0. The number of rotatable bonds is 6. The second kappa shape index (κ2) is 7.83. The number of hydrogen-bond acceptors (Lipinski definition) is 0. The molecule has 0 atom stereocenters. The average Bonchev–Trinajstić information content (AvgIpc) is 2.49. The summed E-state index contributed by atoms with van der Waals surface area (Å²) in [6.07, 6.45) is 1.85. The van der Waals surface area contributed by atoms with E-state index in [0.29, 0.717) is 6.54 Å². The van der Waals surface area contributed by atoms with E-state index in [-0.39, 0.29) is 0 Å². The Hall–Kier alpha value is -1.03. The largest absolute Gasteiger partial charge is 0.457 e. The highest BCUT2D eigenvalue weighted by molar-refractivity contribution is 8.17. The maximum absolute atomic E-state index is 10.3. The van der Waals surface area contributed by atoms with Gasteiger partial charge in [0.05, 0.1) is 0 Å². The van der Waals surface area contributed by atoms with Crippen LogP contribution in [0.4, 0.5) is 0 Å². The summed E-state index contributed by atoms with van der Waals surface area (Å²) in [5, 5.41) is 0. The van der Waals surface area contributed by atoms with E-state index in [1.54, 1.807) is 11.7 Å². The van der Waals surface area contributed by atoms with Gasteiger partial charge in [-0.25, -0.2) is 0 Å². The zero-order valence-electron chi connectivity index (χ0n) is 12.1. The molecule has 2 N–H and O–H groups in total. The number of nitrogens with zero attached hydrogens (tertiary/aromatic N) is 1. The van der Waals surface area contributed by atoms with Gasteiger partial charge in [-0.1, -0.05) is 48.5 Å². The first kappa shape index (κ1) is 16.3. The quantitative estimate of drug-likeness (QED) is 0.633. The van der Waals surface area contributed by atoms with E-state index in [2.05, 4.69) is 12.1 Å². The lowest BCUT2D eigenvalue weighted by molar-refractivity contribution is 0.369. The highest BCUT2D eigenvalue weighted by Crippen LogP contribution is 2.42. The van der Waals surface area contributed by atoms with Crippen molar-refractivity contribution in [3.05, 3.63) is 66.2 Å². The second-order valence-corrected chi connectivity index (χ2v) is 9.27. The molecule has 0 aromatic heterocycles. The number of hydrogen-bond donors (Lipinski definition) is 2. The van der Waals surface area contributed by atoms with Gasteiger partial charge in [-0.05, 0) is 25.5 Å². The second-order valence-electron chi connectivity index (χ2n) is 4.89. The van der Waals surface area contributed by atoms with Gasteiger partial charge >= 0.3 is 6.64 Å². The fraction of sp³-hybridized carbons (Fsp3) is 0.250. The Morgan fingerprint density at radius 2 is 1.52 bits per heavy atom. The monoisotopic (exact) mass is 322 g/mol. The van der Waals surface area contributed by atoms with Gasteiger partial charge in [0.1, 0.15) is 0 Å². The molecule has 5 heteroatoms. The molecular weight excluding hydrogens is 301 g/mol. The van der Waals surface area contributed by atoms with E-state index in [9.17, 15) is 9.79 Å². The zero-order chi connectivity index (χ0) is 15.1. The van der Waals surface area contributed by atoms with Gasteiger partial charge in [0.15, 0.2) is 0 Å². The van der Waals surface area contributed by atoms with E-state index in [4.69, 9.17) is 0 Å². The van der Waals surface area contributed by atoms with Crippen molar-refractivity contribution in [2.75, 3.05) is 13.6 Å². The van der Waals surface area contributed by atoms with Crippen LogP contribution in [0.3, 0.4) is 0 Å². The van der Waals surface area contributed by atoms with Gasteiger partial charge in [-0.15, -0.1) is 0 Å². The first-order chi connectivity index (χ1) is 10.1. The molecule has 2 rings (SSSR count). The van der Waals surface area contributed by atoms with Crippen LogP contribution in [0.1, 0.15) is 12.0 Å². The minimum atomic E-state index is -3.13. The lowest BCUT2D eigenvalue weighted by Crippen LogP contribution is -2.17. The molecule has 0 aliphatic carbocycles. The standard InChI is InChI=1S/C16H21NO2PS/c1-17(14-8-11-15-9-4-2-5-10-15)20(18,19)21-16-12-6-3-7-13-16/h2-7,9-10,12-13,18-19H,8,11,14H2,1H3/q+1. The van der Waals surface area contributed by atoms with Crippen LogP contribution in [-0.4, -0.2) is 28.0 Å². The van der Waals surface area contributed by atoms with Gasteiger partial charge in [-0.3, -0.25) is 9.79 Å². The van der Waals surface area contributed by atoms with Gasteiger partial charge in [0.25, 0.3) is 10.9 Å². The maximum Gasteiger partial charge on any atom is 0.457 e. The molecule has 2 aromatic rings. The molecule has 0 radical (unpaired) electrons. The molecule has 3 nitrogen and oxygen atoms in total. The van der Waals surface area contributed by atoms with Crippen molar-refractivity contribution in [1.82, 2.24) is 4.67 Å². The Bertz CT molecular complexity index is 598. The van der Waals surface area contributed by atoms with Crippen LogP contribution < -0.4 is 0 Å². The zero-order valence-corrected chi connectivity index (χ0v) is 13.8. The minimum absolute atomic E-state index is 0.662. The molecule has 2 aromatic carbocycles. The fourth-order valence-electron chi connectivity index (χ4n) is 1.98. The molecule has 0 aliphatic rings. The predicted octanol–water partition coefficient (Wildman–Crippen LogP) is 3.35. The highest BCUT2D eigenvalue weighted by atomic mass is 32.5. The summed E-state index contributed by atoms with van der Waals surface area (Å²) in [5.41, 5.74) is 1.28. The van der Waals surface area contributed by atoms with E-state index >= 15 is 0 Å². The molecule has 21 heavy (non-hydrogen) atoms. The van der Waals surface area contributed by atoms with Crippen molar-refractivity contribution >= 4 is 17.6 Å². The Balaban J connectivity index is 1.92. The van der Waals surface area contributed by atoms with Crippen molar-refractivity contribution in [1.29, 1.82) is 0 Å². The maximum atomic E-state index is 10.3. The summed E-state index contributed by atoms with van der Waals surface area (Å²) in [4.78, 5) is 21.5. The normalized spacial score (nSPS) is 11.6. The van der Waals surface area contributed by atoms with Gasteiger partial charge in [-0.2, -0.15) is 4.67 Å². The van der Waals surface area contributed by atoms with Crippen molar-refractivity contribution in [3.8, 4) is 0 Å².